The number of hydrogen-bond acceptors (Lipinski definition) is 5. The zero-order valence-corrected chi connectivity index (χ0v) is 13.9. The molecule has 3 fully saturated rings. The van der Waals surface area contributed by atoms with Crippen molar-refractivity contribution in [3.05, 3.63) is 0 Å². The third-order valence-corrected chi connectivity index (χ3v) is 5.78. The fourth-order valence-electron chi connectivity index (χ4n) is 4.33. The van der Waals surface area contributed by atoms with E-state index in [2.05, 4.69) is 20.0 Å². The number of hydrogen-bond donors (Lipinski definition) is 1. The maximum absolute atomic E-state index is 10.6. The summed E-state index contributed by atoms with van der Waals surface area (Å²) in [5.41, 5.74) is 0. The van der Waals surface area contributed by atoms with Gasteiger partial charge in [0.15, 0.2) is 0 Å². The highest BCUT2D eigenvalue weighted by molar-refractivity contribution is 5.51. The maximum atomic E-state index is 10.6. The minimum atomic E-state index is 0.624. The van der Waals surface area contributed by atoms with Gasteiger partial charge in [-0.15, -0.1) is 0 Å². The molecule has 3 heterocycles. The van der Waals surface area contributed by atoms with E-state index >= 15 is 0 Å². The van der Waals surface area contributed by atoms with Gasteiger partial charge in [0.25, 0.3) is 0 Å². The van der Waals surface area contributed by atoms with Crippen molar-refractivity contribution in [2.75, 3.05) is 65.4 Å². The van der Waals surface area contributed by atoms with Crippen molar-refractivity contribution in [3.8, 4) is 0 Å². The molecule has 0 amide bonds. The van der Waals surface area contributed by atoms with Gasteiger partial charge in [0.2, 0.25) is 0 Å². The summed E-state index contributed by atoms with van der Waals surface area (Å²) in [6.07, 6.45) is 6.28. The summed E-state index contributed by atoms with van der Waals surface area (Å²) in [7, 11) is 0. The van der Waals surface area contributed by atoms with Crippen LogP contribution in [0.3, 0.4) is 0 Å². The predicted molar refractivity (Wildman–Crippen MR) is 89.1 cm³/mol. The Morgan fingerprint density at radius 2 is 1.55 bits per heavy atom. The first-order valence-corrected chi connectivity index (χ1v) is 9.18. The summed E-state index contributed by atoms with van der Waals surface area (Å²) < 4.78 is 0. The van der Waals surface area contributed by atoms with Gasteiger partial charge in [0.1, 0.15) is 6.29 Å². The highest BCUT2D eigenvalue weighted by atomic mass is 16.1. The van der Waals surface area contributed by atoms with Gasteiger partial charge < -0.3 is 19.9 Å². The third kappa shape index (κ3) is 4.51. The normalized spacial score (nSPS) is 28.0. The number of carbonyl (C=O) groups is 1. The monoisotopic (exact) mass is 308 g/mol. The van der Waals surface area contributed by atoms with Crippen LogP contribution in [0.5, 0.6) is 0 Å². The molecule has 0 unspecified atom stereocenters. The Morgan fingerprint density at radius 3 is 2.18 bits per heavy atom. The van der Waals surface area contributed by atoms with Crippen LogP contribution in [0.4, 0.5) is 0 Å². The van der Waals surface area contributed by atoms with Gasteiger partial charge in [-0.25, -0.2) is 0 Å². The van der Waals surface area contributed by atoms with Crippen molar-refractivity contribution in [2.24, 2.45) is 5.92 Å². The number of likely N-dealkylation sites (tertiary alicyclic amines) is 2. The SMILES string of the molecule is O=CCN1CCC(N2CCC(CN3CCNCC3)CC2)CC1. The molecule has 3 aliphatic rings. The molecule has 5 heteroatoms. The van der Waals surface area contributed by atoms with Gasteiger partial charge in [-0.1, -0.05) is 0 Å². The first-order chi connectivity index (χ1) is 10.8. The summed E-state index contributed by atoms with van der Waals surface area (Å²) in [6.45, 7) is 11.5. The molecule has 1 N–H and O–H groups in total. The lowest BCUT2D eigenvalue weighted by atomic mass is 9.93. The molecule has 126 valence electrons. The number of piperazine rings is 1. The summed E-state index contributed by atoms with van der Waals surface area (Å²) in [6, 6.07) is 0.767. The molecule has 22 heavy (non-hydrogen) atoms. The summed E-state index contributed by atoms with van der Waals surface area (Å²) in [5, 5.41) is 3.44. The number of piperidine rings is 2. The molecule has 0 atom stereocenters. The van der Waals surface area contributed by atoms with E-state index in [1.165, 1.54) is 58.4 Å². The van der Waals surface area contributed by atoms with Crippen LogP contribution in [0.1, 0.15) is 25.7 Å². The van der Waals surface area contributed by atoms with E-state index in [0.29, 0.717) is 6.54 Å². The molecule has 5 nitrogen and oxygen atoms in total. The number of nitrogens with zero attached hydrogens (tertiary/aromatic N) is 3. The Morgan fingerprint density at radius 1 is 0.864 bits per heavy atom. The first-order valence-electron chi connectivity index (χ1n) is 9.18. The van der Waals surface area contributed by atoms with E-state index in [-0.39, 0.29) is 0 Å². The van der Waals surface area contributed by atoms with Crippen LogP contribution in [0.25, 0.3) is 0 Å². The lowest BCUT2D eigenvalue weighted by Gasteiger charge is -2.42. The van der Waals surface area contributed by atoms with Gasteiger partial charge in [0.05, 0.1) is 6.54 Å². The van der Waals surface area contributed by atoms with Crippen molar-refractivity contribution < 1.29 is 4.79 Å². The predicted octanol–water partition coefficient (Wildman–Crippen LogP) is 0.267. The molecule has 3 aliphatic heterocycles. The Labute approximate surface area is 135 Å². The van der Waals surface area contributed by atoms with Gasteiger partial charge >= 0.3 is 0 Å². The zero-order valence-electron chi connectivity index (χ0n) is 13.9. The van der Waals surface area contributed by atoms with E-state index in [4.69, 9.17) is 0 Å². The van der Waals surface area contributed by atoms with E-state index < -0.39 is 0 Å². The molecule has 3 saturated heterocycles. The second kappa shape index (κ2) is 8.39. The number of nitrogens with one attached hydrogen (secondary N) is 1. The van der Waals surface area contributed by atoms with Gasteiger partial charge in [-0.3, -0.25) is 4.90 Å². The highest BCUT2D eigenvalue weighted by Gasteiger charge is 2.28. The van der Waals surface area contributed by atoms with Crippen LogP contribution in [-0.4, -0.2) is 92.5 Å². The Balaban J connectivity index is 1.36. The maximum Gasteiger partial charge on any atom is 0.133 e. The second-order valence-corrected chi connectivity index (χ2v) is 7.23. The minimum absolute atomic E-state index is 0.624. The number of aldehydes is 1. The molecular formula is C17H32N4O. The van der Waals surface area contributed by atoms with Crippen LogP contribution in [0.2, 0.25) is 0 Å². The molecule has 0 aromatic heterocycles. The number of carbonyl (C=O) groups excluding carboxylic acids is 1. The summed E-state index contributed by atoms with van der Waals surface area (Å²) in [5.74, 6) is 0.907. The third-order valence-electron chi connectivity index (χ3n) is 5.78. The van der Waals surface area contributed by atoms with E-state index in [9.17, 15) is 4.79 Å². The summed E-state index contributed by atoms with van der Waals surface area (Å²) in [4.78, 5) is 18.3. The molecule has 0 aliphatic carbocycles. The quantitative estimate of drug-likeness (QED) is 0.738. The molecule has 0 spiro atoms. The fourth-order valence-corrected chi connectivity index (χ4v) is 4.33. The van der Waals surface area contributed by atoms with E-state index in [0.717, 1.165) is 44.4 Å². The lowest BCUT2D eigenvalue weighted by molar-refractivity contribution is -0.109. The second-order valence-electron chi connectivity index (χ2n) is 7.23. The molecule has 0 bridgehead atoms. The Kier molecular flexibility index (Phi) is 6.24. The van der Waals surface area contributed by atoms with Crippen molar-refractivity contribution in [3.63, 3.8) is 0 Å². The molecule has 0 aromatic carbocycles. The lowest BCUT2D eigenvalue weighted by Crippen LogP contribution is -2.50. The van der Waals surface area contributed by atoms with Gasteiger partial charge in [-0.2, -0.15) is 0 Å². The zero-order chi connectivity index (χ0) is 15.2. The van der Waals surface area contributed by atoms with Gasteiger partial charge in [0, 0.05) is 51.9 Å². The molecule has 3 rings (SSSR count). The largest absolute Gasteiger partial charge is 0.314 e. The van der Waals surface area contributed by atoms with Crippen LogP contribution in [0.15, 0.2) is 0 Å². The van der Waals surface area contributed by atoms with Crippen molar-refractivity contribution in [2.45, 2.75) is 31.7 Å². The van der Waals surface area contributed by atoms with Gasteiger partial charge in [-0.05, 0) is 44.7 Å². The number of rotatable bonds is 5. The van der Waals surface area contributed by atoms with Crippen molar-refractivity contribution in [1.29, 1.82) is 0 Å². The molecule has 0 aromatic rings. The minimum Gasteiger partial charge on any atom is -0.314 e. The smallest absolute Gasteiger partial charge is 0.133 e. The summed E-state index contributed by atoms with van der Waals surface area (Å²) >= 11 is 0. The van der Waals surface area contributed by atoms with Crippen LogP contribution < -0.4 is 5.32 Å². The first kappa shape index (κ1) is 16.4. The standard InChI is InChI=1S/C17H32N4O/c22-14-13-19-7-3-17(4-8-19)21-9-1-16(2-10-21)15-20-11-5-18-6-12-20/h14,16-18H,1-13,15H2. The molecule has 0 saturated carbocycles. The average Bonchev–Trinajstić information content (AvgIpc) is 2.58. The van der Waals surface area contributed by atoms with Crippen molar-refractivity contribution >= 4 is 6.29 Å². The fraction of sp³-hybridized carbons (Fsp3) is 0.941. The van der Waals surface area contributed by atoms with Crippen molar-refractivity contribution in [1.82, 2.24) is 20.0 Å². The van der Waals surface area contributed by atoms with Crippen LogP contribution in [0, 0.1) is 5.92 Å². The topological polar surface area (TPSA) is 38.8 Å². The van der Waals surface area contributed by atoms with Crippen LogP contribution in [-0.2, 0) is 4.79 Å². The molecule has 0 radical (unpaired) electrons. The Bertz CT molecular complexity index is 330. The highest BCUT2D eigenvalue weighted by Crippen LogP contribution is 2.24. The Hall–Kier alpha value is -0.490. The molecular weight excluding hydrogens is 276 g/mol. The van der Waals surface area contributed by atoms with Crippen LogP contribution >= 0.6 is 0 Å². The van der Waals surface area contributed by atoms with E-state index in [1.807, 2.05) is 0 Å². The average molecular weight is 308 g/mol. The van der Waals surface area contributed by atoms with E-state index in [1.54, 1.807) is 0 Å².